The number of carboxylic acid groups (broad SMARTS) is 1. The molecule has 0 bridgehead atoms. The number of hydrazone groups is 1. The lowest BCUT2D eigenvalue weighted by atomic mass is 10.1. The second-order valence-electron chi connectivity index (χ2n) is 8.27. The number of rotatable bonds is 9. The highest BCUT2D eigenvalue weighted by atomic mass is 16.5. The van der Waals surface area contributed by atoms with Crippen LogP contribution in [0.25, 0.3) is 22.0 Å². The topological polar surface area (TPSA) is 106 Å². The summed E-state index contributed by atoms with van der Waals surface area (Å²) in [6.07, 6.45) is 3.43. The van der Waals surface area contributed by atoms with E-state index in [0.29, 0.717) is 18.1 Å². The molecule has 5 rings (SSSR count). The minimum atomic E-state index is -1.11. The number of aromatic nitrogens is 1. The summed E-state index contributed by atoms with van der Waals surface area (Å²) in [5.41, 5.74) is 6.38. The first-order valence-electron chi connectivity index (χ1n) is 11.6. The van der Waals surface area contributed by atoms with Gasteiger partial charge in [-0.25, -0.2) is 10.2 Å². The van der Waals surface area contributed by atoms with Crippen LogP contribution in [0.15, 0.2) is 107 Å². The van der Waals surface area contributed by atoms with Gasteiger partial charge in [-0.15, -0.1) is 0 Å². The number of amides is 1. The van der Waals surface area contributed by atoms with Gasteiger partial charge in [0.1, 0.15) is 11.5 Å². The van der Waals surface area contributed by atoms with Gasteiger partial charge >= 0.3 is 5.97 Å². The number of hydrogen-bond acceptors (Lipinski definition) is 5. The van der Waals surface area contributed by atoms with E-state index in [4.69, 9.17) is 14.3 Å². The Morgan fingerprint density at radius 2 is 1.65 bits per heavy atom. The van der Waals surface area contributed by atoms with Crippen LogP contribution in [-0.4, -0.2) is 34.4 Å². The van der Waals surface area contributed by atoms with Gasteiger partial charge < -0.3 is 18.8 Å². The average molecular weight is 494 g/mol. The second-order valence-corrected chi connectivity index (χ2v) is 8.27. The minimum Gasteiger partial charge on any atom is -0.484 e. The SMILES string of the molecule is O=C(COc1ccc(-c2ccccc2)cc1)NN=Cc1cn(Cc2ccc(C(=O)O)o2)c2ccccc12. The number of carbonyl (C=O) groups excluding carboxylic acids is 1. The van der Waals surface area contributed by atoms with Crippen LogP contribution in [0.3, 0.4) is 0 Å². The van der Waals surface area contributed by atoms with Gasteiger partial charge in [0.05, 0.1) is 12.8 Å². The molecule has 5 aromatic rings. The van der Waals surface area contributed by atoms with Crippen molar-refractivity contribution in [3.63, 3.8) is 0 Å². The van der Waals surface area contributed by atoms with Crippen molar-refractivity contribution < 1.29 is 23.8 Å². The zero-order chi connectivity index (χ0) is 25.6. The molecule has 184 valence electrons. The molecule has 8 heteroatoms. The highest BCUT2D eigenvalue weighted by molar-refractivity contribution is 5.99. The normalized spacial score (nSPS) is 11.1. The summed E-state index contributed by atoms with van der Waals surface area (Å²) >= 11 is 0. The Kier molecular flexibility index (Phi) is 6.80. The van der Waals surface area contributed by atoms with Crippen LogP contribution in [0, 0.1) is 0 Å². The predicted molar refractivity (Wildman–Crippen MR) is 140 cm³/mol. The van der Waals surface area contributed by atoms with Gasteiger partial charge in [-0.2, -0.15) is 5.10 Å². The first-order chi connectivity index (χ1) is 18.1. The number of aromatic carboxylic acids is 1. The molecular formula is C29H23N3O5. The van der Waals surface area contributed by atoms with E-state index in [9.17, 15) is 9.59 Å². The lowest BCUT2D eigenvalue weighted by Crippen LogP contribution is -2.24. The van der Waals surface area contributed by atoms with Crippen LogP contribution in [0.5, 0.6) is 5.75 Å². The van der Waals surface area contributed by atoms with Crippen LogP contribution in [0.4, 0.5) is 0 Å². The lowest BCUT2D eigenvalue weighted by molar-refractivity contribution is -0.123. The molecule has 0 atom stereocenters. The molecule has 2 aromatic heterocycles. The number of benzene rings is 3. The Balaban J connectivity index is 1.20. The zero-order valence-electron chi connectivity index (χ0n) is 19.7. The van der Waals surface area contributed by atoms with Crippen molar-refractivity contribution in [1.29, 1.82) is 0 Å². The van der Waals surface area contributed by atoms with Crippen molar-refractivity contribution in [1.82, 2.24) is 9.99 Å². The summed E-state index contributed by atoms with van der Waals surface area (Å²) in [6, 6.07) is 28.3. The number of fused-ring (bicyclic) bond motifs is 1. The van der Waals surface area contributed by atoms with Gasteiger partial charge in [0.25, 0.3) is 5.91 Å². The molecule has 37 heavy (non-hydrogen) atoms. The third-order valence-corrected chi connectivity index (χ3v) is 5.74. The molecule has 1 amide bonds. The highest BCUT2D eigenvalue weighted by Gasteiger charge is 2.12. The Hall–Kier alpha value is -5.11. The highest BCUT2D eigenvalue weighted by Crippen LogP contribution is 2.23. The Morgan fingerprint density at radius 3 is 2.41 bits per heavy atom. The number of carbonyl (C=O) groups is 2. The van der Waals surface area contributed by atoms with Crippen LogP contribution in [0.1, 0.15) is 21.9 Å². The molecule has 0 aliphatic rings. The molecule has 3 aromatic carbocycles. The molecule has 0 fully saturated rings. The molecule has 0 saturated carbocycles. The quantitative estimate of drug-likeness (QED) is 0.217. The fraction of sp³-hybridized carbons (Fsp3) is 0.0690. The predicted octanol–water partition coefficient (Wildman–Crippen LogP) is 5.18. The summed E-state index contributed by atoms with van der Waals surface area (Å²) in [4.78, 5) is 23.3. The number of furan rings is 1. The molecule has 8 nitrogen and oxygen atoms in total. The van der Waals surface area contributed by atoms with E-state index in [1.807, 2.05) is 89.6 Å². The Labute approximate surface area is 212 Å². The first-order valence-corrected chi connectivity index (χ1v) is 11.6. The number of nitrogens with zero attached hydrogens (tertiary/aromatic N) is 2. The largest absolute Gasteiger partial charge is 0.484 e. The van der Waals surface area contributed by atoms with Crippen LogP contribution < -0.4 is 10.2 Å². The Morgan fingerprint density at radius 1 is 0.919 bits per heavy atom. The van der Waals surface area contributed by atoms with E-state index in [1.165, 1.54) is 6.07 Å². The van der Waals surface area contributed by atoms with E-state index in [1.54, 1.807) is 12.3 Å². The molecule has 0 saturated heterocycles. The van der Waals surface area contributed by atoms with Crippen molar-refractivity contribution in [2.45, 2.75) is 6.54 Å². The van der Waals surface area contributed by atoms with E-state index in [-0.39, 0.29) is 18.3 Å². The number of ether oxygens (including phenoxy) is 1. The maximum absolute atomic E-state index is 12.2. The molecule has 0 aliphatic heterocycles. The van der Waals surface area contributed by atoms with Gasteiger partial charge in [0, 0.05) is 22.7 Å². The van der Waals surface area contributed by atoms with Gasteiger partial charge in [-0.1, -0.05) is 60.7 Å². The molecule has 0 spiro atoms. The lowest BCUT2D eigenvalue weighted by Gasteiger charge is -2.06. The van der Waals surface area contributed by atoms with Crippen LogP contribution in [0.2, 0.25) is 0 Å². The molecule has 2 heterocycles. The summed E-state index contributed by atoms with van der Waals surface area (Å²) in [5.74, 6) is -0.496. The van der Waals surface area contributed by atoms with Crippen molar-refractivity contribution in [2.24, 2.45) is 5.10 Å². The summed E-state index contributed by atoms with van der Waals surface area (Å²) < 4.78 is 12.9. The van der Waals surface area contributed by atoms with E-state index in [2.05, 4.69) is 10.5 Å². The third-order valence-electron chi connectivity index (χ3n) is 5.74. The molecular weight excluding hydrogens is 470 g/mol. The van der Waals surface area contributed by atoms with E-state index >= 15 is 0 Å². The Bertz CT molecular complexity index is 1570. The minimum absolute atomic E-state index is 0.106. The molecule has 0 aliphatic carbocycles. The number of nitrogens with one attached hydrogen (secondary N) is 1. The maximum atomic E-state index is 12.2. The molecule has 2 N–H and O–H groups in total. The maximum Gasteiger partial charge on any atom is 0.371 e. The molecule has 0 unspecified atom stereocenters. The number of hydrogen-bond donors (Lipinski definition) is 2. The van der Waals surface area contributed by atoms with E-state index < -0.39 is 5.97 Å². The van der Waals surface area contributed by atoms with Crippen LogP contribution >= 0.6 is 0 Å². The first kappa shape index (κ1) is 23.6. The fourth-order valence-electron chi connectivity index (χ4n) is 3.98. The van der Waals surface area contributed by atoms with Crippen molar-refractivity contribution in [3.05, 3.63) is 114 Å². The smallest absolute Gasteiger partial charge is 0.371 e. The monoisotopic (exact) mass is 493 g/mol. The van der Waals surface area contributed by atoms with Gasteiger partial charge in [0.15, 0.2) is 6.61 Å². The fourth-order valence-corrected chi connectivity index (χ4v) is 3.98. The van der Waals surface area contributed by atoms with Crippen molar-refractivity contribution >= 4 is 29.0 Å². The second kappa shape index (κ2) is 10.7. The van der Waals surface area contributed by atoms with Crippen LogP contribution in [-0.2, 0) is 11.3 Å². The summed E-state index contributed by atoms with van der Waals surface area (Å²) in [6.45, 7) is 0.180. The van der Waals surface area contributed by atoms with Gasteiger partial charge in [-0.3, -0.25) is 4.79 Å². The number of para-hydroxylation sites is 1. The van der Waals surface area contributed by atoms with Gasteiger partial charge in [0.2, 0.25) is 5.76 Å². The zero-order valence-corrected chi connectivity index (χ0v) is 19.7. The standard InChI is InChI=1S/C29H23N3O5/c33-28(19-36-23-12-10-21(11-13-23)20-6-2-1-3-7-20)31-30-16-22-17-32(26-9-5-4-8-25(22)26)18-24-14-15-27(37-24)29(34)35/h1-17H,18-19H2,(H,31,33)(H,34,35). The summed E-state index contributed by atoms with van der Waals surface area (Å²) in [5, 5.41) is 14.1. The van der Waals surface area contributed by atoms with Gasteiger partial charge in [-0.05, 0) is 41.5 Å². The molecule has 0 radical (unpaired) electrons. The van der Waals surface area contributed by atoms with Crippen molar-refractivity contribution in [3.8, 4) is 16.9 Å². The third kappa shape index (κ3) is 5.59. The summed E-state index contributed by atoms with van der Waals surface area (Å²) in [7, 11) is 0. The van der Waals surface area contributed by atoms with Crippen molar-refractivity contribution in [2.75, 3.05) is 6.61 Å². The number of carboxylic acids is 1. The van der Waals surface area contributed by atoms with E-state index in [0.717, 1.165) is 27.6 Å². The average Bonchev–Trinajstić information content (AvgIpc) is 3.54.